The van der Waals surface area contributed by atoms with Crippen molar-refractivity contribution in [2.45, 2.75) is 44.6 Å². The maximum atomic E-state index is 11.5. The van der Waals surface area contributed by atoms with Crippen LogP contribution < -0.4 is 11.1 Å². The van der Waals surface area contributed by atoms with Crippen LogP contribution in [0.3, 0.4) is 0 Å². The van der Waals surface area contributed by atoms with Gasteiger partial charge in [0.05, 0.1) is 12.1 Å². The van der Waals surface area contributed by atoms with E-state index in [-0.39, 0.29) is 18.1 Å². The maximum Gasteiger partial charge on any atom is 0.221 e. The highest BCUT2D eigenvalue weighted by atomic mass is 16.3. The van der Waals surface area contributed by atoms with Crippen molar-refractivity contribution in [1.29, 1.82) is 0 Å². The molecule has 0 unspecified atom stereocenters. The number of hydrogen-bond donors (Lipinski definition) is 3. The molecule has 0 radical (unpaired) electrons. The zero-order chi connectivity index (χ0) is 11.3. The van der Waals surface area contributed by atoms with Crippen LogP contribution in [0.5, 0.6) is 0 Å². The van der Waals surface area contributed by atoms with Gasteiger partial charge in [-0.15, -0.1) is 0 Å². The van der Waals surface area contributed by atoms with E-state index in [9.17, 15) is 9.90 Å². The zero-order valence-corrected chi connectivity index (χ0v) is 9.46. The fourth-order valence-electron chi connectivity index (χ4n) is 2.13. The molecular weight excluding hydrogens is 192 g/mol. The van der Waals surface area contributed by atoms with E-state index in [1.54, 1.807) is 0 Å². The average Bonchev–Trinajstić information content (AvgIpc) is 2.22. The maximum absolute atomic E-state index is 11.5. The monoisotopic (exact) mass is 214 g/mol. The van der Waals surface area contributed by atoms with E-state index in [0.29, 0.717) is 18.9 Å². The summed E-state index contributed by atoms with van der Waals surface area (Å²) in [6, 6.07) is 0. The van der Waals surface area contributed by atoms with Gasteiger partial charge in [0.25, 0.3) is 0 Å². The fourth-order valence-corrected chi connectivity index (χ4v) is 2.13. The molecule has 15 heavy (non-hydrogen) atoms. The van der Waals surface area contributed by atoms with Gasteiger partial charge in [-0.2, -0.15) is 0 Å². The van der Waals surface area contributed by atoms with Gasteiger partial charge in [-0.25, -0.2) is 0 Å². The van der Waals surface area contributed by atoms with Gasteiger partial charge in [0.1, 0.15) is 0 Å². The van der Waals surface area contributed by atoms with Crippen LogP contribution in [0.2, 0.25) is 0 Å². The van der Waals surface area contributed by atoms with Crippen molar-refractivity contribution >= 4 is 5.91 Å². The van der Waals surface area contributed by atoms with Gasteiger partial charge in [0.15, 0.2) is 0 Å². The molecule has 1 amide bonds. The summed E-state index contributed by atoms with van der Waals surface area (Å²) in [5.41, 5.74) is 4.94. The summed E-state index contributed by atoms with van der Waals surface area (Å²) >= 11 is 0. The molecule has 1 rings (SSSR count). The highest BCUT2D eigenvalue weighted by Crippen LogP contribution is 2.31. The number of nitrogens with two attached hydrogens (primary N) is 1. The van der Waals surface area contributed by atoms with Crippen molar-refractivity contribution in [1.82, 2.24) is 5.32 Å². The largest absolute Gasteiger partial charge is 0.394 e. The molecule has 1 aliphatic carbocycles. The molecule has 0 aromatic rings. The third-order valence-electron chi connectivity index (χ3n) is 3.31. The lowest BCUT2D eigenvalue weighted by Gasteiger charge is -2.38. The molecule has 1 aliphatic rings. The molecular formula is C11H22N2O2. The molecule has 88 valence electrons. The molecule has 0 spiro atoms. The summed E-state index contributed by atoms with van der Waals surface area (Å²) in [5.74, 6) is 0.664. The van der Waals surface area contributed by atoms with Gasteiger partial charge in [-0.3, -0.25) is 4.79 Å². The third-order valence-corrected chi connectivity index (χ3v) is 3.31. The van der Waals surface area contributed by atoms with Crippen LogP contribution in [0.1, 0.15) is 39.0 Å². The van der Waals surface area contributed by atoms with Gasteiger partial charge in [-0.05, 0) is 31.6 Å². The van der Waals surface area contributed by atoms with Crippen molar-refractivity contribution in [2.24, 2.45) is 11.7 Å². The van der Waals surface area contributed by atoms with Gasteiger partial charge in [0, 0.05) is 13.0 Å². The van der Waals surface area contributed by atoms with Crippen LogP contribution in [-0.4, -0.2) is 29.7 Å². The molecule has 0 bridgehead atoms. The van der Waals surface area contributed by atoms with Crippen molar-refractivity contribution in [3.05, 3.63) is 0 Å². The highest BCUT2D eigenvalue weighted by molar-refractivity contribution is 5.77. The Bertz CT molecular complexity index is 211. The van der Waals surface area contributed by atoms with Crippen LogP contribution in [0.4, 0.5) is 0 Å². The molecule has 0 aromatic heterocycles. The van der Waals surface area contributed by atoms with E-state index < -0.39 is 0 Å². The van der Waals surface area contributed by atoms with Gasteiger partial charge in [0.2, 0.25) is 5.91 Å². The molecule has 1 saturated carbocycles. The predicted molar refractivity (Wildman–Crippen MR) is 59.3 cm³/mol. The third kappa shape index (κ3) is 3.47. The minimum Gasteiger partial charge on any atom is -0.394 e. The molecule has 0 aliphatic heterocycles. The Kier molecular flexibility index (Phi) is 4.54. The number of aliphatic hydroxyl groups excluding tert-OH is 1. The second-order valence-electron chi connectivity index (χ2n) is 4.71. The van der Waals surface area contributed by atoms with Crippen molar-refractivity contribution in [3.8, 4) is 0 Å². The number of amides is 1. The fraction of sp³-hybridized carbons (Fsp3) is 0.909. The molecule has 4 heteroatoms. The summed E-state index contributed by atoms with van der Waals surface area (Å²) in [6.45, 7) is 2.61. The molecule has 4 N–H and O–H groups in total. The molecule has 0 saturated heterocycles. The predicted octanol–water partition coefficient (Wildman–Crippen LogP) is 0.393. The Morgan fingerprint density at radius 3 is 2.60 bits per heavy atom. The molecule has 0 aromatic carbocycles. The normalized spacial score (nSPS) is 31.3. The van der Waals surface area contributed by atoms with Crippen LogP contribution in [-0.2, 0) is 4.79 Å². The number of hydrogen-bond acceptors (Lipinski definition) is 3. The lowest BCUT2D eigenvalue weighted by molar-refractivity contribution is -0.124. The van der Waals surface area contributed by atoms with Crippen LogP contribution in [0, 0.1) is 5.92 Å². The molecule has 0 heterocycles. The summed E-state index contributed by atoms with van der Waals surface area (Å²) in [4.78, 5) is 11.5. The number of aliphatic hydroxyl groups is 1. The quantitative estimate of drug-likeness (QED) is 0.634. The molecule has 1 fully saturated rings. The van der Waals surface area contributed by atoms with E-state index in [0.717, 1.165) is 25.7 Å². The van der Waals surface area contributed by atoms with E-state index in [1.165, 1.54) is 0 Å². The smallest absolute Gasteiger partial charge is 0.221 e. The minimum absolute atomic E-state index is 0.0377. The first-order valence-corrected chi connectivity index (χ1v) is 5.74. The second kappa shape index (κ2) is 5.47. The van der Waals surface area contributed by atoms with Crippen molar-refractivity contribution in [3.63, 3.8) is 0 Å². The summed E-state index contributed by atoms with van der Waals surface area (Å²) in [7, 11) is 0. The average molecular weight is 214 g/mol. The zero-order valence-electron chi connectivity index (χ0n) is 9.46. The standard InChI is InChI=1S/C11H22N2O2/c1-9-2-5-11(8-14,6-3-9)13-10(15)4-7-12/h9,14H,2-8,12H2,1H3,(H,13,15). The van der Waals surface area contributed by atoms with Crippen LogP contribution >= 0.6 is 0 Å². The Morgan fingerprint density at radius 2 is 2.13 bits per heavy atom. The topological polar surface area (TPSA) is 75.3 Å². The van der Waals surface area contributed by atoms with Gasteiger partial charge < -0.3 is 16.2 Å². The molecule has 4 nitrogen and oxygen atoms in total. The van der Waals surface area contributed by atoms with E-state index in [2.05, 4.69) is 12.2 Å². The van der Waals surface area contributed by atoms with Crippen LogP contribution in [0.25, 0.3) is 0 Å². The SMILES string of the molecule is CC1CCC(CO)(NC(=O)CCN)CC1. The van der Waals surface area contributed by atoms with Gasteiger partial charge >= 0.3 is 0 Å². The Labute approximate surface area is 91.2 Å². The number of carbonyl (C=O) groups is 1. The Morgan fingerprint density at radius 1 is 1.53 bits per heavy atom. The first-order chi connectivity index (χ1) is 7.12. The highest BCUT2D eigenvalue weighted by Gasteiger charge is 2.34. The van der Waals surface area contributed by atoms with Crippen molar-refractivity contribution in [2.75, 3.05) is 13.2 Å². The second-order valence-corrected chi connectivity index (χ2v) is 4.71. The number of carbonyl (C=O) groups excluding carboxylic acids is 1. The van der Waals surface area contributed by atoms with E-state index in [4.69, 9.17) is 5.73 Å². The lowest BCUT2D eigenvalue weighted by Crippen LogP contribution is -2.53. The number of nitrogens with one attached hydrogen (secondary N) is 1. The Balaban J connectivity index is 2.49. The first kappa shape index (κ1) is 12.5. The summed E-state index contributed by atoms with van der Waals surface area (Å²) in [6.07, 6.45) is 4.24. The first-order valence-electron chi connectivity index (χ1n) is 5.74. The minimum atomic E-state index is -0.376. The van der Waals surface area contributed by atoms with Gasteiger partial charge in [-0.1, -0.05) is 6.92 Å². The van der Waals surface area contributed by atoms with E-state index in [1.807, 2.05) is 0 Å². The van der Waals surface area contributed by atoms with Crippen molar-refractivity contribution < 1.29 is 9.90 Å². The Hall–Kier alpha value is -0.610. The van der Waals surface area contributed by atoms with E-state index >= 15 is 0 Å². The lowest BCUT2D eigenvalue weighted by atomic mass is 9.77. The summed E-state index contributed by atoms with van der Waals surface area (Å²) in [5, 5.41) is 12.3. The molecule has 0 atom stereocenters. The number of rotatable bonds is 4. The summed E-state index contributed by atoms with van der Waals surface area (Å²) < 4.78 is 0. The van der Waals surface area contributed by atoms with Crippen LogP contribution in [0.15, 0.2) is 0 Å².